The minimum Gasteiger partial charge on any atom is -0.497 e. The van der Waals surface area contributed by atoms with Crippen LogP contribution in [-0.2, 0) is 20.7 Å². The maximum absolute atomic E-state index is 12.0. The fourth-order valence-corrected chi connectivity index (χ4v) is 2.68. The Morgan fingerprint density at radius 3 is 2.11 bits per heavy atom. The summed E-state index contributed by atoms with van der Waals surface area (Å²) in [4.78, 5) is 23.9. The summed E-state index contributed by atoms with van der Waals surface area (Å²) in [5, 5.41) is 2.72. The predicted octanol–water partition coefficient (Wildman–Crippen LogP) is 4.09. The van der Waals surface area contributed by atoms with Gasteiger partial charge in [0.2, 0.25) is 0 Å². The van der Waals surface area contributed by atoms with Gasteiger partial charge < -0.3 is 14.8 Å². The molecule has 0 bridgehead atoms. The number of anilines is 1. The lowest BCUT2D eigenvalue weighted by atomic mass is 10.1. The number of nitrogens with one attached hydrogen (secondary N) is 1. The summed E-state index contributed by atoms with van der Waals surface area (Å²) < 4.78 is 10.1. The van der Waals surface area contributed by atoms with E-state index in [4.69, 9.17) is 9.47 Å². The minimum atomic E-state index is -0.459. The molecule has 0 aliphatic rings. The number of ether oxygens (including phenoxy) is 2. The first-order chi connectivity index (χ1) is 13.6. The molecule has 5 heteroatoms. The Kier molecular flexibility index (Phi) is 6.41. The van der Waals surface area contributed by atoms with E-state index in [0.29, 0.717) is 5.69 Å². The smallest absolute Gasteiger partial charge is 0.310 e. The van der Waals surface area contributed by atoms with Crippen LogP contribution in [-0.4, -0.2) is 25.6 Å². The third-order valence-electron chi connectivity index (χ3n) is 4.15. The molecule has 0 radical (unpaired) electrons. The van der Waals surface area contributed by atoms with Crippen LogP contribution >= 0.6 is 0 Å². The van der Waals surface area contributed by atoms with E-state index in [-0.39, 0.29) is 18.9 Å². The van der Waals surface area contributed by atoms with Crippen molar-refractivity contribution >= 4 is 17.6 Å². The summed E-state index contributed by atoms with van der Waals surface area (Å²) in [5.41, 5.74) is 3.61. The second-order valence-electron chi connectivity index (χ2n) is 6.18. The van der Waals surface area contributed by atoms with E-state index in [9.17, 15) is 9.59 Å². The number of hydrogen-bond donors (Lipinski definition) is 1. The second kappa shape index (κ2) is 9.37. The van der Waals surface area contributed by atoms with Gasteiger partial charge in [0.25, 0.3) is 5.91 Å². The van der Waals surface area contributed by atoms with E-state index < -0.39 is 5.97 Å². The zero-order valence-electron chi connectivity index (χ0n) is 15.6. The average Bonchev–Trinajstić information content (AvgIpc) is 2.74. The molecule has 0 atom stereocenters. The molecule has 0 aromatic heterocycles. The van der Waals surface area contributed by atoms with Crippen molar-refractivity contribution in [1.82, 2.24) is 0 Å². The van der Waals surface area contributed by atoms with Crippen molar-refractivity contribution in [2.45, 2.75) is 6.42 Å². The van der Waals surface area contributed by atoms with E-state index in [0.717, 1.165) is 22.4 Å². The van der Waals surface area contributed by atoms with Gasteiger partial charge in [-0.05, 0) is 41.0 Å². The molecule has 0 saturated heterocycles. The molecular formula is C23H21NO4. The molecule has 28 heavy (non-hydrogen) atoms. The highest BCUT2D eigenvalue weighted by molar-refractivity contribution is 5.93. The number of benzene rings is 3. The summed E-state index contributed by atoms with van der Waals surface area (Å²) >= 11 is 0. The molecular weight excluding hydrogens is 354 g/mol. The van der Waals surface area contributed by atoms with E-state index in [1.54, 1.807) is 31.4 Å². The largest absolute Gasteiger partial charge is 0.497 e. The third kappa shape index (κ3) is 5.45. The van der Waals surface area contributed by atoms with Gasteiger partial charge in [0.05, 0.1) is 13.5 Å². The Morgan fingerprint density at radius 1 is 0.821 bits per heavy atom. The topological polar surface area (TPSA) is 64.6 Å². The quantitative estimate of drug-likeness (QED) is 0.632. The number of rotatable bonds is 7. The average molecular weight is 375 g/mol. The minimum absolute atomic E-state index is 0.100. The normalized spacial score (nSPS) is 10.2. The van der Waals surface area contributed by atoms with Crippen molar-refractivity contribution < 1.29 is 19.1 Å². The Balaban J connectivity index is 1.46. The Labute approximate surface area is 163 Å². The van der Waals surface area contributed by atoms with E-state index in [2.05, 4.69) is 5.32 Å². The molecule has 0 aliphatic heterocycles. The van der Waals surface area contributed by atoms with Gasteiger partial charge >= 0.3 is 5.97 Å². The van der Waals surface area contributed by atoms with Crippen molar-refractivity contribution in [3.8, 4) is 16.9 Å². The molecule has 0 fully saturated rings. The number of methoxy groups -OCH3 is 1. The lowest BCUT2D eigenvalue weighted by molar-refractivity contribution is -0.146. The second-order valence-corrected chi connectivity index (χ2v) is 6.18. The fourth-order valence-electron chi connectivity index (χ4n) is 2.68. The molecule has 0 unspecified atom stereocenters. The first kappa shape index (κ1) is 19.2. The van der Waals surface area contributed by atoms with Crippen molar-refractivity contribution in [2.24, 2.45) is 0 Å². The maximum atomic E-state index is 12.0. The van der Waals surface area contributed by atoms with Crippen LogP contribution in [0.15, 0.2) is 78.9 Å². The van der Waals surface area contributed by atoms with Crippen LogP contribution in [0.2, 0.25) is 0 Å². The maximum Gasteiger partial charge on any atom is 0.310 e. The molecule has 0 saturated carbocycles. The van der Waals surface area contributed by atoms with Crippen LogP contribution in [0.5, 0.6) is 5.75 Å². The van der Waals surface area contributed by atoms with Gasteiger partial charge in [-0.25, -0.2) is 0 Å². The zero-order valence-corrected chi connectivity index (χ0v) is 15.6. The van der Waals surface area contributed by atoms with E-state index in [1.807, 2.05) is 54.6 Å². The van der Waals surface area contributed by atoms with Gasteiger partial charge in [0.1, 0.15) is 5.75 Å². The Morgan fingerprint density at radius 2 is 1.46 bits per heavy atom. The lowest BCUT2D eigenvalue weighted by Crippen LogP contribution is -2.21. The number of amides is 1. The molecule has 3 aromatic rings. The SMILES string of the molecule is COc1ccc(CC(=O)OCC(=O)Nc2ccc(-c3ccccc3)cc2)cc1. The standard InChI is InChI=1S/C23H21NO4/c1-27-21-13-7-17(8-14-21)15-23(26)28-16-22(25)24-20-11-9-19(10-12-20)18-5-3-2-4-6-18/h2-14H,15-16H2,1H3,(H,24,25). The number of carbonyl (C=O) groups excluding carboxylic acids is 2. The third-order valence-corrected chi connectivity index (χ3v) is 4.15. The lowest BCUT2D eigenvalue weighted by Gasteiger charge is -2.08. The molecule has 1 N–H and O–H groups in total. The molecule has 5 nitrogen and oxygen atoms in total. The van der Waals surface area contributed by atoms with Gasteiger partial charge in [-0.2, -0.15) is 0 Å². The van der Waals surface area contributed by atoms with Crippen LogP contribution in [0.4, 0.5) is 5.69 Å². The molecule has 142 valence electrons. The highest BCUT2D eigenvalue weighted by Crippen LogP contribution is 2.21. The molecule has 3 aromatic carbocycles. The highest BCUT2D eigenvalue weighted by atomic mass is 16.5. The molecule has 0 aliphatic carbocycles. The summed E-state index contributed by atoms with van der Waals surface area (Å²) in [7, 11) is 1.58. The monoisotopic (exact) mass is 375 g/mol. The van der Waals surface area contributed by atoms with Gasteiger partial charge in [0, 0.05) is 5.69 Å². The Hall–Kier alpha value is -3.60. The van der Waals surface area contributed by atoms with Crippen LogP contribution in [0.25, 0.3) is 11.1 Å². The molecule has 3 rings (SSSR count). The van der Waals surface area contributed by atoms with Crippen molar-refractivity contribution in [3.63, 3.8) is 0 Å². The summed E-state index contributed by atoms with van der Waals surface area (Å²) in [6.45, 7) is -0.324. The van der Waals surface area contributed by atoms with Crippen LogP contribution < -0.4 is 10.1 Å². The zero-order chi connectivity index (χ0) is 19.8. The van der Waals surface area contributed by atoms with Crippen LogP contribution in [0.3, 0.4) is 0 Å². The van der Waals surface area contributed by atoms with E-state index >= 15 is 0 Å². The molecule has 0 spiro atoms. The number of esters is 1. The van der Waals surface area contributed by atoms with Crippen molar-refractivity contribution in [2.75, 3.05) is 19.0 Å². The van der Waals surface area contributed by atoms with Crippen LogP contribution in [0.1, 0.15) is 5.56 Å². The first-order valence-electron chi connectivity index (χ1n) is 8.88. The molecule has 0 heterocycles. The Bertz CT molecular complexity index is 919. The number of carbonyl (C=O) groups is 2. The van der Waals surface area contributed by atoms with Gasteiger partial charge in [-0.3, -0.25) is 9.59 Å². The summed E-state index contributed by atoms with van der Waals surface area (Å²) in [6.07, 6.45) is 0.100. The van der Waals surface area contributed by atoms with Gasteiger partial charge in [0.15, 0.2) is 6.61 Å². The van der Waals surface area contributed by atoms with Crippen molar-refractivity contribution in [3.05, 3.63) is 84.4 Å². The van der Waals surface area contributed by atoms with Gasteiger partial charge in [-0.1, -0.05) is 54.6 Å². The van der Waals surface area contributed by atoms with Gasteiger partial charge in [-0.15, -0.1) is 0 Å². The van der Waals surface area contributed by atoms with Crippen LogP contribution in [0, 0.1) is 0 Å². The summed E-state index contributed by atoms with van der Waals surface area (Å²) in [5.74, 6) is -0.120. The van der Waals surface area contributed by atoms with E-state index in [1.165, 1.54) is 0 Å². The highest BCUT2D eigenvalue weighted by Gasteiger charge is 2.09. The van der Waals surface area contributed by atoms with Crippen molar-refractivity contribution in [1.29, 1.82) is 0 Å². The first-order valence-corrected chi connectivity index (χ1v) is 8.88. The summed E-state index contributed by atoms with van der Waals surface area (Å²) in [6, 6.07) is 24.6. The fraction of sp³-hybridized carbons (Fsp3) is 0.130. The number of hydrogen-bond acceptors (Lipinski definition) is 4. The predicted molar refractivity (Wildman–Crippen MR) is 108 cm³/mol. The molecule has 1 amide bonds.